The van der Waals surface area contributed by atoms with Crippen LogP contribution in [-0.2, 0) is 7.05 Å². The second kappa shape index (κ2) is 3.22. The molecule has 0 unspecified atom stereocenters. The molecule has 0 radical (unpaired) electrons. The molecular weight excluding hydrogens is 212 g/mol. The topological polar surface area (TPSA) is 92.7 Å². The number of H-pyrrole nitrogens is 2. The average molecular weight is 224 g/mol. The highest BCUT2D eigenvalue weighted by atomic mass is 16.2. The lowest BCUT2D eigenvalue weighted by Crippen LogP contribution is -2.30. The molecule has 16 heavy (non-hydrogen) atoms. The van der Waals surface area contributed by atoms with E-state index in [1.165, 1.54) is 16.2 Å². The Labute approximate surface area is 89.3 Å². The van der Waals surface area contributed by atoms with Gasteiger partial charge in [0.15, 0.2) is 5.52 Å². The quantitative estimate of drug-likeness (QED) is 0.670. The first-order valence-electron chi connectivity index (χ1n) is 4.87. The zero-order valence-electron chi connectivity index (χ0n) is 9.20. The average Bonchev–Trinajstić information content (AvgIpc) is 2.52. The zero-order valence-corrected chi connectivity index (χ0v) is 9.20. The lowest BCUT2D eigenvalue weighted by atomic mass is 10.4. The number of aromatic nitrogens is 4. The number of aromatic amines is 2. The van der Waals surface area contributed by atoms with Gasteiger partial charge in [-0.25, -0.2) is 9.59 Å². The first kappa shape index (κ1) is 10.5. The van der Waals surface area contributed by atoms with Crippen molar-refractivity contribution in [1.82, 2.24) is 19.1 Å². The predicted molar refractivity (Wildman–Crippen MR) is 58.8 cm³/mol. The lowest BCUT2D eigenvalue weighted by Gasteiger charge is -2.05. The van der Waals surface area contributed by atoms with Gasteiger partial charge in [0.2, 0.25) is 0 Å². The lowest BCUT2D eigenvalue weighted by molar-refractivity contribution is 0.596. The maximum atomic E-state index is 11.6. The molecule has 2 N–H and O–H groups in total. The maximum absolute atomic E-state index is 11.6. The van der Waals surface area contributed by atoms with Crippen LogP contribution in [0.15, 0.2) is 14.4 Å². The molecule has 86 valence electrons. The summed E-state index contributed by atoms with van der Waals surface area (Å²) >= 11 is 0. The molecule has 0 aliphatic heterocycles. The van der Waals surface area contributed by atoms with Gasteiger partial charge in [-0.05, 0) is 13.8 Å². The van der Waals surface area contributed by atoms with Crippen molar-refractivity contribution in [3.8, 4) is 0 Å². The summed E-state index contributed by atoms with van der Waals surface area (Å²) in [4.78, 5) is 39.3. The van der Waals surface area contributed by atoms with Gasteiger partial charge in [0.1, 0.15) is 5.65 Å². The van der Waals surface area contributed by atoms with Crippen molar-refractivity contribution < 1.29 is 0 Å². The number of nitrogens with one attached hydrogen (secondary N) is 2. The van der Waals surface area contributed by atoms with Crippen molar-refractivity contribution in [2.45, 2.75) is 19.9 Å². The summed E-state index contributed by atoms with van der Waals surface area (Å²) in [6.07, 6.45) is 0. The number of nitrogens with zero attached hydrogens (tertiary/aromatic N) is 2. The standard InChI is InChI=1S/C9H12N4O3/c1-4(2)13-5-6(10-9(13)16)12(3)8(15)11-7(5)14/h4H,1-3H3,(H,10,16)(H,11,14,15). The van der Waals surface area contributed by atoms with Gasteiger partial charge in [0, 0.05) is 13.1 Å². The Hall–Kier alpha value is -2.05. The molecule has 0 aliphatic rings. The summed E-state index contributed by atoms with van der Waals surface area (Å²) in [6.45, 7) is 3.58. The normalized spacial score (nSPS) is 11.5. The molecule has 7 nitrogen and oxygen atoms in total. The number of fused-ring (bicyclic) bond motifs is 1. The molecule has 0 fully saturated rings. The fourth-order valence-electron chi connectivity index (χ4n) is 1.73. The van der Waals surface area contributed by atoms with Gasteiger partial charge in [-0.2, -0.15) is 0 Å². The SMILES string of the molecule is CC(C)n1c(=O)[nH]c2c1c(=O)[nH]c(=O)n2C. The van der Waals surface area contributed by atoms with E-state index in [0.717, 1.165) is 0 Å². The monoisotopic (exact) mass is 224 g/mol. The molecule has 0 saturated heterocycles. The Morgan fingerprint density at radius 1 is 1.06 bits per heavy atom. The number of rotatable bonds is 1. The van der Waals surface area contributed by atoms with Crippen molar-refractivity contribution in [1.29, 1.82) is 0 Å². The van der Waals surface area contributed by atoms with Crippen LogP contribution < -0.4 is 16.9 Å². The Bertz CT molecular complexity index is 713. The number of hydrogen-bond donors (Lipinski definition) is 2. The molecule has 2 aromatic rings. The van der Waals surface area contributed by atoms with Crippen LogP contribution in [0.25, 0.3) is 11.2 Å². The fourth-order valence-corrected chi connectivity index (χ4v) is 1.73. The highest BCUT2D eigenvalue weighted by Crippen LogP contribution is 2.07. The Morgan fingerprint density at radius 3 is 2.25 bits per heavy atom. The third-order valence-corrected chi connectivity index (χ3v) is 2.50. The molecule has 0 bridgehead atoms. The van der Waals surface area contributed by atoms with E-state index in [2.05, 4.69) is 9.97 Å². The van der Waals surface area contributed by atoms with Gasteiger partial charge < -0.3 is 0 Å². The van der Waals surface area contributed by atoms with Crippen LogP contribution >= 0.6 is 0 Å². The molecule has 0 aliphatic carbocycles. The third kappa shape index (κ3) is 1.24. The van der Waals surface area contributed by atoms with Crippen molar-refractivity contribution in [3.63, 3.8) is 0 Å². The summed E-state index contributed by atoms with van der Waals surface area (Å²) < 4.78 is 2.53. The van der Waals surface area contributed by atoms with Crippen LogP contribution in [0.2, 0.25) is 0 Å². The van der Waals surface area contributed by atoms with Crippen LogP contribution in [0.4, 0.5) is 0 Å². The van der Waals surface area contributed by atoms with Gasteiger partial charge in [0.25, 0.3) is 5.56 Å². The van der Waals surface area contributed by atoms with Crippen molar-refractivity contribution >= 4 is 11.2 Å². The Morgan fingerprint density at radius 2 is 1.69 bits per heavy atom. The van der Waals surface area contributed by atoms with E-state index in [9.17, 15) is 14.4 Å². The van der Waals surface area contributed by atoms with E-state index >= 15 is 0 Å². The summed E-state index contributed by atoms with van der Waals surface area (Å²) in [5.74, 6) is 0. The molecule has 0 saturated carbocycles. The Balaban J connectivity index is 3.14. The number of imidazole rings is 1. The second-order valence-electron chi connectivity index (χ2n) is 3.91. The minimum atomic E-state index is -0.551. The zero-order chi connectivity index (χ0) is 12.0. The summed E-state index contributed by atoms with van der Waals surface area (Å²) in [7, 11) is 1.49. The molecule has 2 aromatic heterocycles. The van der Waals surface area contributed by atoms with Crippen molar-refractivity contribution in [3.05, 3.63) is 31.3 Å². The van der Waals surface area contributed by atoms with E-state index in [0.29, 0.717) is 0 Å². The molecule has 0 aromatic carbocycles. The summed E-state index contributed by atoms with van der Waals surface area (Å²) in [6, 6.07) is -0.153. The molecule has 2 rings (SSSR count). The van der Waals surface area contributed by atoms with E-state index < -0.39 is 16.9 Å². The fraction of sp³-hybridized carbons (Fsp3) is 0.444. The first-order chi connectivity index (χ1) is 7.43. The molecule has 0 atom stereocenters. The minimum absolute atomic E-state index is 0.153. The van der Waals surface area contributed by atoms with Crippen LogP contribution in [0.1, 0.15) is 19.9 Å². The minimum Gasteiger partial charge on any atom is -0.291 e. The van der Waals surface area contributed by atoms with Crippen LogP contribution in [0.5, 0.6) is 0 Å². The molecule has 0 spiro atoms. The largest absolute Gasteiger partial charge is 0.329 e. The van der Waals surface area contributed by atoms with Gasteiger partial charge >= 0.3 is 11.4 Å². The molecule has 0 amide bonds. The first-order valence-corrected chi connectivity index (χ1v) is 4.87. The molecule has 2 heterocycles. The van der Waals surface area contributed by atoms with Gasteiger partial charge in [-0.3, -0.25) is 23.9 Å². The van der Waals surface area contributed by atoms with Crippen LogP contribution in [-0.4, -0.2) is 19.1 Å². The molecular formula is C9H12N4O3. The van der Waals surface area contributed by atoms with Crippen molar-refractivity contribution in [2.75, 3.05) is 0 Å². The van der Waals surface area contributed by atoms with E-state index in [1.807, 2.05) is 0 Å². The van der Waals surface area contributed by atoms with Crippen LogP contribution in [0.3, 0.4) is 0 Å². The third-order valence-electron chi connectivity index (χ3n) is 2.50. The van der Waals surface area contributed by atoms with Crippen molar-refractivity contribution in [2.24, 2.45) is 7.05 Å². The summed E-state index contributed by atoms with van der Waals surface area (Å²) in [5, 5.41) is 0. The second-order valence-corrected chi connectivity index (χ2v) is 3.91. The van der Waals surface area contributed by atoms with E-state index in [4.69, 9.17) is 0 Å². The van der Waals surface area contributed by atoms with E-state index in [1.54, 1.807) is 13.8 Å². The number of hydrogen-bond acceptors (Lipinski definition) is 3. The van der Waals surface area contributed by atoms with Gasteiger partial charge in [-0.15, -0.1) is 0 Å². The predicted octanol–water partition coefficient (Wildman–Crippen LogP) is -0.702. The Kier molecular flexibility index (Phi) is 2.11. The highest BCUT2D eigenvalue weighted by Gasteiger charge is 2.15. The smallest absolute Gasteiger partial charge is 0.291 e. The maximum Gasteiger partial charge on any atom is 0.329 e. The number of aryl methyl sites for hydroxylation is 1. The molecule has 7 heteroatoms. The van der Waals surface area contributed by atoms with Gasteiger partial charge in [-0.1, -0.05) is 0 Å². The summed E-state index contributed by atoms with van der Waals surface area (Å²) in [5.41, 5.74) is -1.05. The van der Waals surface area contributed by atoms with Gasteiger partial charge in [0.05, 0.1) is 0 Å². The van der Waals surface area contributed by atoms with Crippen LogP contribution in [0, 0.1) is 0 Å². The highest BCUT2D eigenvalue weighted by molar-refractivity contribution is 5.69. The van der Waals surface area contributed by atoms with E-state index in [-0.39, 0.29) is 17.2 Å².